The second-order valence-corrected chi connectivity index (χ2v) is 7.77. The normalized spacial score (nSPS) is 32.4. The molecule has 2 nitrogen and oxygen atoms in total. The van der Waals surface area contributed by atoms with Crippen LogP contribution in [0.2, 0.25) is 0 Å². The quantitative estimate of drug-likeness (QED) is 0.752. The van der Waals surface area contributed by atoms with E-state index < -0.39 is 6.10 Å². The Balaban J connectivity index is 2.07. The lowest BCUT2D eigenvalue weighted by Crippen LogP contribution is -2.19. The van der Waals surface area contributed by atoms with Crippen molar-refractivity contribution in [2.75, 3.05) is 0 Å². The number of aliphatic hydroxyl groups excluding tert-OH is 2. The van der Waals surface area contributed by atoms with E-state index in [9.17, 15) is 10.2 Å². The molecule has 2 bridgehead atoms. The second-order valence-electron chi connectivity index (χ2n) is 6.86. The number of hydrogen-bond donors (Lipinski definition) is 2. The predicted octanol–water partition coefficient (Wildman–Crippen LogP) is 5.24. The molecular formula is C19H25BrO2. The molecule has 1 fully saturated rings. The lowest BCUT2D eigenvalue weighted by molar-refractivity contribution is 0.169. The fourth-order valence-electron chi connectivity index (χ4n) is 4.12. The molecule has 0 aromatic heterocycles. The minimum absolute atomic E-state index is 0.410. The van der Waals surface area contributed by atoms with E-state index in [1.54, 1.807) is 0 Å². The van der Waals surface area contributed by atoms with Gasteiger partial charge in [0.15, 0.2) is 0 Å². The highest BCUT2D eigenvalue weighted by Gasteiger charge is 2.31. The first-order valence-corrected chi connectivity index (χ1v) is 9.26. The van der Waals surface area contributed by atoms with Crippen molar-refractivity contribution in [3.05, 3.63) is 39.6 Å². The summed E-state index contributed by atoms with van der Waals surface area (Å²) in [4.78, 5) is 0. The Morgan fingerprint density at radius 1 is 1.14 bits per heavy atom. The van der Waals surface area contributed by atoms with Crippen molar-refractivity contribution in [3.63, 3.8) is 0 Å². The van der Waals surface area contributed by atoms with Gasteiger partial charge in [0.25, 0.3) is 0 Å². The molecule has 3 aliphatic rings. The summed E-state index contributed by atoms with van der Waals surface area (Å²) in [5, 5.41) is 21.6. The molecule has 1 atom stereocenters. The zero-order valence-electron chi connectivity index (χ0n) is 13.2. The van der Waals surface area contributed by atoms with Gasteiger partial charge in [-0.3, -0.25) is 0 Å². The molecule has 0 radical (unpaired) electrons. The first-order valence-electron chi connectivity index (χ1n) is 8.47. The third-order valence-corrected chi connectivity index (χ3v) is 5.89. The van der Waals surface area contributed by atoms with Gasteiger partial charge in [0, 0.05) is 16.5 Å². The molecule has 0 saturated heterocycles. The van der Waals surface area contributed by atoms with Gasteiger partial charge in [-0.25, -0.2) is 0 Å². The second kappa shape index (κ2) is 6.76. The van der Waals surface area contributed by atoms with Crippen LogP contribution in [0.1, 0.15) is 56.6 Å². The Kier molecular flexibility index (Phi) is 4.94. The average molecular weight is 365 g/mol. The molecule has 3 aliphatic carbocycles. The zero-order chi connectivity index (χ0) is 15.7. The first kappa shape index (κ1) is 16.1. The summed E-state index contributed by atoms with van der Waals surface area (Å²) in [5.41, 5.74) is 2.98. The van der Waals surface area contributed by atoms with E-state index in [2.05, 4.69) is 28.9 Å². The highest BCUT2D eigenvalue weighted by molar-refractivity contribution is 9.10. The largest absolute Gasteiger partial charge is 0.512 e. The molecule has 120 valence electrons. The van der Waals surface area contributed by atoms with E-state index >= 15 is 0 Å². The highest BCUT2D eigenvalue weighted by Crippen LogP contribution is 2.41. The molecule has 1 aromatic carbocycles. The summed E-state index contributed by atoms with van der Waals surface area (Å²) in [6.07, 6.45) is 6.61. The van der Waals surface area contributed by atoms with Crippen LogP contribution in [0.3, 0.4) is 0 Å². The molecular weight excluding hydrogens is 340 g/mol. The maximum atomic E-state index is 10.8. The number of halogens is 1. The number of allylic oxidation sites excluding steroid dienone is 1. The smallest absolute Gasteiger partial charge is 0.0989 e. The fraction of sp³-hybridized carbons (Fsp3) is 0.579. The van der Waals surface area contributed by atoms with Gasteiger partial charge in [-0.15, -0.1) is 0 Å². The van der Waals surface area contributed by atoms with Crippen molar-refractivity contribution in [1.82, 2.24) is 0 Å². The van der Waals surface area contributed by atoms with E-state index in [0.717, 1.165) is 34.9 Å². The predicted molar refractivity (Wildman–Crippen MR) is 93.8 cm³/mol. The first-order chi connectivity index (χ1) is 10.6. The van der Waals surface area contributed by atoms with Crippen LogP contribution in [0.15, 0.2) is 28.4 Å². The summed E-state index contributed by atoms with van der Waals surface area (Å²) >= 11 is 3.53. The van der Waals surface area contributed by atoms with Crippen molar-refractivity contribution in [1.29, 1.82) is 0 Å². The molecule has 3 heteroatoms. The van der Waals surface area contributed by atoms with Crippen LogP contribution in [0.25, 0.3) is 5.57 Å². The number of rotatable bonds is 2. The highest BCUT2D eigenvalue weighted by atomic mass is 79.9. The third kappa shape index (κ3) is 3.26. The van der Waals surface area contributed by atoms with Crippen LogP contribution in [0.5, 0.6) is 0 Å². The number of hydrogen-bond acceptors (Lipinski definition) is 2. The summed E-state index contributed by atoms with van der Waals surface area (Å²) in [6, 6.07) is 6.17. The Hall–Kier alpha value is -0.800. The molecule has 0 aliphatic heterocycles. The minimum Gasteiger partial charge on any atom is -0.512 e. The third-order valence-electron chi connectivity index (χ3n) is 5.39. The Labute approximate surface area is 141 Å². The van der Waals surface area contributed by atoms with Crippen LogP contribution < -0.4 is 0 Å². The van der Waals surface area contributed by atoms with E-state index in [4.69, 9.17) is 0 Å². The number of benzene rings is 1. The Bertz CT molecular complexity index is 571. The van der Waals surface area contributed by atoms with Crippen molar-refractivity contribution in [3.8, 4) is 0 Å². The van der Waals surface area contributed by atoms with Crippen molar-refractivity contribution < 1.29 is 10.2 Å². The van der Waals surface area contributed by atoms with Gasteiger partial charge in [-0.1, -0.05) is 41.8 Å². The van der Waals surface area contributed by atoms with Crippen molar-refractivity contribution in [2.45, 2.75) is 58.0 Å². The van der Waals surface area contributed by atoms with Crippen LogP contribution in [-0.4, -0.2) is 16.3 Å². The Morgan fingerprint density at radius 3 is 2.50 bits per heavy atom. The van der Waals surface area contributed by atoms with Gasteiger partial charge in [0.05, 0.1) is 11.9 Å². The molecule has 2 N–H and O–H groups in total. The summed E-state index contributed by atoms with van der Waals surface area (Å²) in [6.45, 7) is 2.12. The molecule has 0 amide bonds. The summed E-state index contributed by atoms with van der Waals surface area (Å²) in [7, 11) is 0. The molecule has 22 heavy (non-hydrogen) atoms. The topological polar surface area (TPSA) is 40.5 Å². The van der Waals surface area contributed by atoms with Gasteiger partial charge < -0.3 is 10.2 Å². The maximum absolute atomic E-state index is 10.8. The number of aryl methyl sites for hydroxylation is 1. The standard InChI is InChI=1S/C19H25BrO2/c1-2-14-7-8-15(20)11-16(14)19-17(21)9-12-3-4-13(6-5-12)10-18(19)22/h7-8,11-13,17,21-22H,2-6,9-10H2,1H3/b19-18+/t12-,13+,17?. The van der Waals surface area contributed by atoms with Gasteiger partial charge in [0.1, 0.15) is 0 Å². The van der Waals surface area contributed by atoms with Crippen LogP contribution >= 0.6 is 15.9 Å². The van der Waals surface area contributed by atoms with Crippen LogP contribution in [0.4, 0.5) is 0 Å². The van der Waals surface area contributed by atoms with Gasteiger partial charge in [-0.05, 0) is 60.8 Å². The molecule has 1 unspecified atom stereocenters. The zero-order valence-corrected chi connectivity index (χ0v) is 14.8. The van der Waals surface area contributed by atoms with E-state index in [0.29, 0.717) is 17.6 Å². The molecule has 1 aromatic rings. The minimum atomic E-state index is -0.554. The molecule has 0 heterocycles. The van der Waals surface area contributed by atoms with Gasteiger partial charge >= 0.3 is 0 Å². The van der Waals surface area contributed by atoms with Crippen molar-refractivity contribution >= 4 is 21.5 Å². The summed E-state index contributed by atoms with van der Waals surface area (Å²) in [5.74, 6) is 1.59. The van der Waals surface area contributed by atoms with Crippen LogP contribution in [-0.2, 0) is 6.42 Å². The lowest BCUT2D eigenvalue weighted by atomic mass is 9.79. The lowest BCUT2D eigenvalue weighted by Gasteiger charge is -2.27. The molecule has 4 rings (SSSR count). The molecule has 1 saturated carbocycles. The average Bonchev–Trinajstić information content (AvgIpc) is 2.58. The van der Waals surface area contributed by atoms with Crippen LogP contribution in [0, 0.1) is 11.8 Å². The van der Waals surface area contributed by atoms with Gasteiger partial charge in [0.2, 0.25) is 0 Å². The molecule has 0 spiro atoms. The van der Waals surface area contributed by atoms with Crippen molar-refractivity contribution in [2.24, 2.45) is 11.8 Å². The number of fused-ring (bicyclic) bond motifs is 5. The summed E-state index contributed by atoms with van der Waals surface area (Å²) < 4.78 is 0.995. The van der Waals surface area contributed by atoms with Gasteiger partial charge in [-0.2, -0.15) is 0 Å². The van der Waals surface area contributed by atoms with E-state index in [-0.39, 0.29) is 0 Å². The SMILES string of the molecule is CCc1ccc(Br)cc1/C1=C(\O)C[C@H]2CC[C@H](CC2)CC1O. The Morgan fingerprint density at radius 2 is 1.82 bits per heavy atom. The monoisotopic (exact) mass is 364 g/mol. The number of aliphatic hydroxyl groups is 2. The van der Waals surface area contributed by atoms with E-state index in [1.165, 1.54) is 31.2 Å². The maximum Gasteiger partial charge on any atom is 0.0989 e. The van der Waals surface area contributed by atoms with E-state index in [1.807, 2.05) is 12.1 Å². The fourth-order valence-corrected chi connectivity index (χ4v) is 4.48.